The number of ether oxygens (including phenoxy) is 2. The SMILES string of the molecule is COc1ccc(C(=O)Nc2cc(C)nn2CCC#N)cc1OC(F)F. The van der Waals surface area contributed by atoms with Gasteiger partial charge in [0.2, 0.25) is 0 Å². The molecule has 0 bridgehead atoms. The Kier molecular flexibility index (Phi) is 5.89. The number of methoxy groups -OCH3 is 1. The molecule has 0 atom stereocenters. The number of alkyl halides is 2. The van der Waals surface area contributed by atoms with Crippen LogP contribution >= 0.6 is 0 Å². The van der Waals surface area contributed by atoms with E-state index in [1.54, 1.807) is 13.0 Å². The van der Waals surface area contributed by atoms with E-state index in [9.17, 15) is 13.6 Å². The number of carbonyl (C=O) groups excluding carboxylic acids is 1. The first kappa shape index (κ1) is 18.2. The number of nitrogens with one attached hydrogen (secondary N) is 1. The molecule has 0 saturated heterocycles. The third-order valence-corrected chi connectivity index (χ3v) is 3.22. The Hall–Kier alpha value is -3.15. The quantitative estimate of drug-likeness (QED) is 0.829. The summed E-state index contributed by atoms with van der Waals surface area (Å²) in [4.78, 5) is 12.4. The van der Waals surface area contributed by atoms with Crippen molar-refractivity contribution in [3.63, 3.8) is 0 Å². The number of halogens is 2. The van der Waals surface area contributed by atoms with Crippen molar-refractivity contribution < 1.29 is 23.0 Å². The first-order valence-corrected chi connectivity index (χ1v) is 7.30. The fourth-order valence-electron chi connectivity index (χ4n) is 2.17. The van der Waals surface area contributed by atoms with Crippen molar-refractivity contribution in [2.24, 2.45) is 0 Å². The van der Waals surface area contributed by atoms with Crippen molar-refractivity contribution in [3.05, 3.63) is 35.5 Å². The van der Waals surface area contributed by atoms with Crippen LogP contribution < -0.4 is 14.8 Å². The molecule has 2 rings (SSSR count). The molecule has 25 heavy (non-hydrogen) atoms. The van der Waals surface area contributed by atoms with Crippen LogP contribution in [0, 0.1) is 18.3 Å². The summed E-state index contributed by atoms with van der Waals surface area (Å²) < 4.78 is 35.7. The third-order valence-electron chi connectivity index (χ3n) is 3.22. The summed E-state index contributed by atoms with van der Waals surface area (Å²) in [6, 6.07) is 7.61. The molecule has 0 saturated carbocycles. The molecule has 0 spiro atoms. The Balaban J connectivity index is 2.22. The lowest BCUT2D eigenvalue weighted by molar-refractivity contribution is -0.0512. The summed E-state index contributed by atoms with van der Waals surface area (Å²) in [6.07, 6.45) is 0.235. The van der Waals surface area contributed by atoms with E-state index in [2.05, 4.69) is 15.2 Å². The zero-order valence-corrected chi connectivity index (χ0v) is 13.6. The van der Waals surface area contributed by atoms with Gasteiger partial charge in [-0.3, -0.25) is 4.79 Å². The van der Waals surface area contributed by atoms with Gasteiger partial charge in [0.05, 0.1) is 31.8 Å². The van der Waals surface area contributed by atoms with Crippen molar-refractivity contribution in [3.8, 4) is 17.6 Å². The number of benzene rings is 1. The zero-order valence-electron chi connectivity index (χ0n) is 13.6. The largest absolute Gasteiger partial charge is 0.493 e. The van der Waals surface area contributed by atoms with Gasteiger partial charge in [0, 0.05) is 11.6 Å². The molecule has 1 heterocycles. The van der Waals surface area contributed by atoms with Gasteiger partial charge in [0.15, 0.2) is 11.5 Å². The van der Waals surface area contributed by atoms with Gasteiger partial charge in [0.25, 0.3) is 5.91 Å². The van der Waals surface area contributed by atoms with Crippen LogP contribution in [0.3, 0.4) is 0 Å². The number of rotatable bonds is 7. The number of nitriles is 1. The van der Waals surface area contributed by atoms with E-state index in [-0.39, 0.29) is 23.5 Å². The normalized spacial score (nSPS) is 10.4. The van der Waals surface area contributed by atoms with Gasteiger partial charge < -0.3 is 14.8 Å². The average molecular weight is 350 g/mol. The molecule has 0 radical (unpaired) electrons. The lowest BCUT2D eigenvalue weighted by atomic mass is 10.2. The van der Waals surface area contributed by atoms with Gasteiger partial charge in [0.1, 0.15) is 5.82 Å². The molecule has 0 aliphatic carbocycles. The van der Waals surface area contributed by atoms with Crippen molar-refractivity contribution in [2.75, 3.05) is 12.4 Å². The summed E-state index contributed by atoms with van der Waals surface area (Å²) in [5.74, 6) is -0.268. The van der Waals surface area contributed by atoms with Crippen molar-refractivity contribution >= 4 is 11.7 Å². The highest BCUT2D eigenvalue weighted by Gasteiger charge is 2.16. The van der Waals surface area contributed by atoms with Crippen molar-refractivity contribution in [1.82, 2.24) is 9.78 Å². The summed E-state index contributed by atoms with van der Waals surface area (Å²) in [7, 11) is 1.31. The zero-order chi connectivity index (χ0) is 18.4. The van der Waals surface area contributed by atoms with E-state index in [0.717, 1.165) is 0 Å². The molecule has 1 N–H and O–H groups in total. The minimum absolute atomic E-state index is 0.0896. The molecule has 0 aliphatic rings. The van der Waals surface area contributed by atoms with E-state index >= 15 is 0 Å². The smallest absolute Gasteiger partial charge is 0.387 e. The molecule has 0 unspecified atom stereocenters. The number of nitrogens with zero attached hydrogens (tertiary/aromatic N) is 3. The Bertz CT molecular complexity index is 799. The second-order valence-corrected chi connectivity index (χ2v) is 5.00. The van der Waals surface area contributed by atoms with Crippen LogP contribution in [0.2, 0.25) is 0 Å². The number of carbonyl (C=O) groups is 1. The Morgan fingerprint density at radius 1 is 1.40 bits per heavy atom. The van der Waals surface area contributed by atoms with E-state index in [1.165, 1.54) is 30.0 Å². The van der Waals surface area contributed by atoms with Gasteiger partial charge in [-0.05, 0) is 25.1 Å². The first-order chi connectivity index (χ1) is 11.9. The predicted molar refractivity (Wildman–Crippen MR) is 84.8 cm³/mol. The third kappa shape index (κ3) is 4.67. The molecule has 1 aromatic carbocycles. The Labute approximate surface area is 142 Å². The second-order valence-electron chi connectivity index (χ2n) is 5.00. The highest BCUT2D eigenvalue weighted by molar-refractivity contribution is 6.04. The maximum absolute atomic E-state index is 12.5. The first-order valence-electron chi connectivity index (χ1n) is 7.30. The van der Waals surface area contributed by atoms with Crippen molar-refractivity contribution in [1.29, 1.82) is 5.26 Å². The average Bonchev–Trinajstić information content (AvgIpc) is 2.91. The van der Waals surface area contributed by atoms with Crippen LogP contribution in [0.4, 0.5) is 14.6 Å². The van der Waals surface area contributed by atoms with Gasteiger partial charge >= 0.3 is 6.61 Å². The van der Waals surface area contributed by atoms with E-state index in [1.807, 2.05) is 6.07 Å². The van der Waals surface area contributed by atoms with E-state index < -0.39 is 12.5 Å². The topological polar surface area (TPSA) is 89.2 Å². The Morgan fingerprint density at radius 3 is 2.80 bits per heavy atom. The number of anilines is 1. The van der Waals surface area contributed by atoms with Crippen LogP contribution in [-0.4, -0.2) is 29.4 Å². The summed E-state index contributed by atoms with van der Waals surface area (Å²) in [5, 5.41) is 15.5. The number of hydrogen-bond donors (Lipinski definition) is 1. The van der Waals surface area contributed by atoms with Gasteiger partial charge in [-0.2, -0.15) is 19.1 Å². The number of aryl methyl sites for hydroxylation is 2. The standard InChI is InChI=1S/C16H16F2N4O3/c1-10-8-14(22(21-10)7-3-6-19)20-15(23)11-4-5-12(24-2)13(9-11)25-16(17)18/h4-5,8-9,16H,3,7H2,1-2H3,(H,20,23). The minimum Gasteiger partial charge on any atom is -0.493 e. The summed E-state index contributed by atoms with van der Waals surface area (Å²) >= 11 is 0. The monoisotopic (exact) mass is 350 g/mol. The predicted octanol–water partition coefficient (Wildman–Crippen LogP) is 2.97. The highest BCUT2D eigenvalue weighted by atomic mass is 19.3. The highest BCUT2D eigenvalue weighted by Crippen LogP contribution is 2.29. The fraction of sp³-hybridized carbons (Fsp3) is 0.312. The number of amides is 1. The molecule has 9 heteroatoms. The molecule has 132 valence electrons. The Morgan fingerprint density at radius 2 is 2.16 bits per heavy atom. The number of hydrogen-bond acceptors (Lipinski definition) is 5. The molecule has 1 amide bonds. The second kappa shape index (κ2) is 8.10. The summed E-state index contributed by atoms with van der Waals surface area (Å²) in [5.41, 5.74) is 0.784. The van der Waals surface area contributed by atoms with E-state index in [0.29, 0.717) is 18.1 Å². The molecule has 7 nitrogen and oxygen atoms in total. The molecule has 1 aromatic heterocycles. The molecule has 0 aliphatic heterocycles. The molecular formula is C16H16F2N4O3. The number of aromatic nitrogens is 2. The fourth-order valence-corrected chi connectivity index (χ4v) is 2.17. The summed E-state index contributed by atoms with van der Waals surface area (Å²) in [6.45, 7) is -0.967. The van der Waals surface area contributed by atoms with E-state index in [4.69, 9.17) is 10.00 Å². The van der Waals surface area contributed by atoms with Gasteiger partial charge in [-0.1, -0.05) is 0 Å². The van der Waals surface area contributed by atoms with Crippen LogP contribution in [0.5, 0.6) is 11.5 Å². The van der Waals surface area contributed by atoms with Crippen LogP contribution in [0.15, 0.2) is 24.3 Å². The van der Waals surface area contributed by atoms with Crippen LogP contribution in [0.25, 0.3) is 0 Å². The lowest BCUT2D eigenvalue weighted by Gasteiger charge is -2.12. The van der Waals surface area contributed by atoms with Crippen molar-refractivity contribution in [2.45, 2.75) is 26.5 Å². The van der Waals surface area contributed by atoms with Crippen LogP contribution in [0.1, 0.15) is 22.5 Å². The maximum atomic E-state index is 12.5. The molecule has 0 fully saturated rings. The van der Waals surface area contributed by atoms with Gasteiger partial charge in [-0.15, -0.1) is 0 Å². The van der Waals surface area contributed by atoms with Crippen LogP contribution in [-0.2, 0) is 6.54 Å². The molecule has 2 aromatic rings. The lowest BCUT2D eigenvalue weighted by Crippen LogP contribution is -2.16. The van der Waals surface area contributed by atoms with Gasteiger partial charge in [-0.25, -0.2) is 4.68 Å². The maximum Gasteiger partial charge on any atom is 0.387 e. The minimum atomic E-state index is -3.04. The molecular weight excluding hydrogens is 334 g/mol.